The number of ether oxygens (including phenoxy) is 2. The fraction of sp³-hybridized carbons (Fsp3) is 0.458. The highest BCUT2D eigenvalue weighted by molar-refractivity contribution is 5.38. The van der Waals surface area contributed by atoms with Gasteiger partial charge in [0.25, 0.3) is 0 Å². The van der Waals surface area contributed by atoms with Crippen molar-refractivity contribution in [3.63, 3.8) is 0 Å². The number of rotatable bonds is 7. The van der Waals surface area contributed by atoms with E-state index in [-0.39, 0.29) is 6.10 Å². The quantitative estimate of drug-likeness (QED) is 0.585. The molecule has 0 radical (unpaired) electrons. The monoisotopic (exact) mass is 419 g/mol. The Morgan fingerprint density at radius 1 is 0.968 bits per heavy atom. The van der Waals surface area contributed by atoms with E-state index in [2.05, 4.69) is 55.0 Å². The molecule has 1 atom stereocenters. The van der Waals surface area contributed by atoms with Crippen LogP contribution in [-0.4, -0.2) is 52.2 Å². The Hall–Kier alpha value is -2.77. The van der Waals surface area contributed by atoms with Gasteiger partial charge in [-0.05, 0) is 37.0 Å². The third-order valence-electron chi connectivity index (χ3n) is 6.21. The van der Waals surface area contributed by atoms with Crippen LogP contribution in [0, 0.1) is 0 Å². The lowest BCUT2D eigenvalue weighted by Gasteiger charge is -2.32. The van der Waals surface area contributed by atoms with Gasteiger partial charge in [0.15, 0.2) is 5.82 Å². The van der Waals surface area contributed by atoms with E-state index in [1.165, 1.54) is 5.56 Å². The number of aromatic nitrogens is 4. The summed E-state index contributed by atoms with van der Waals surface area (Å²) in [5, 5.41) is 9.19. The standard InChI is InChI=1S/C24H29N5O2/c1-2-6-19(7-3-1)16-29-23(18-31-21-11-15-30-17-21)26-27-24(29)20-9-13-28(14-10-20)22-8-4-5-12-25-22/h1-8,12,20-21H,9-11,13-18H2. The van der Waals surface area contributed by atoms with Crippen molar-refractivity contribution in [1.29, 1.82) is 0 Å². The lowest BCUT2D eigenvalue weighted by molar-refractivity contribution is 0.0269. The van der Waals surface area contributed by atoms with E-state index in [0.29, 0.717) is 19.1 Å². The summed E-state index contributed by atoms with van der Waals surface area (Å²) in [7, 11) is 0. The molecule has 1 aromatic carbocycles. The Morgan fingerprint density at radius 3 is 2.55 bits per heavy atom. The van der Waals surface area contributed by atoms with Crippen LogP contribution in [0.25, 0.3) is 0 Å². The number of piperidine rings is 1. The molecule has 2 aliphatic rings. The highest BCUT2D eigenvalue weighted by Crippen LogP contribution is 2.30. The molecule has 1 unspecified atom stereocenters. The van der Waals surface area contributed by atoms with Crippen LogP contribution < -0.4 is 4.90 Å². The molecule has 0 saturated carbocycles. The molecule has 0 N–H and O–H groups in total. The highest BCUT2D eigenvalue weighted by Gasteiger charge is 2.27. The van der Waals surface area contributed by atoms with Gasteiger partial charge in [-0.2, -0.15) is 0 Å². The Balaban J connectivity index is 1.32. The zero-order valence-corrected chi connectivity index (χ0v) is 17.8. The molecule has 4 heterocycles. The maximum Gasteiger partial charge on any atom is 0.159 e. The molecule has 3 aromatic rings. The Bertz CT molecular complexity index is 949. The minimum absolute atomic E-state index is 0.159. The molecule has 0 spiro atoms. The lowest BCUT2D eigenvalue weighted by Crippen LogP contribution is -2.34. The predicted molar refractivity (Wildman–Crippen MR) is 118 cm³/mol. The first-order valence-corrected chi connectivity index (χ1v) is 11.2. The minimum Gasteiger partial charge on any atom is -0.379 e. The maximum atomic E-state index is 6.08. The zero-order valence-electron chi connectivity index (χ0n) is 17.8. The van der Waals surface area contributed by atoms with Gasteiger partial charge in [-0.15, -0.1) is 10.2 Å². The van der Waals surface area contributed by atoms with Crippen molar-refractivity contribution in [3.05, 3.63) is 71.9 Å². The van der Waals surface area contributed by atoms with Crippen LogP contribution in [0.3, 0.4) is 0 Å². The van der Waals surface area contributed by atoms with E-state index >= 15 is 0 Å². The average molecular weight is 420 g/mol. The van der Waals surface area contributed by atoms with Gasteiger partial charge in [-0.25, -0.2) is 4.98 Å². The van der Waals surface area contributed by atoms with Crippen LogP contribution in [0.2, 0.25) is 0 Å². The molecular weight excluding hydrogens is 390 g/mol. The van der Waals surface area contributed by atoms with Gasteiger partial charge < -0.3 is 18.9 Å². The summed E-state index contributed by atoms with van der Waals surface area (Å²) in [5.41, 5.74) is 1.25. The van der Waals surface area contributed by atoms with Crippen molar-refractivity contribution in [2.75, 3.05) is 31.2 Å². The minimum atomic E-state index is 0.159. The van der Waals surface area contributed by atoms with Gasteiger partial charge in [0.2, 0.25) is 0 Å². The Morgan fingerprint density at radius 2 is 1.81 bits per heavy atom. The Labute approximate surface area is 183 Å². The van der Waals surface area contributed by atoms with E-state index in [9.17, 15) is 0 Å². The molecule has 2 saturated heterocycles. The first-order chi connectivity index (χ1) is 15.4. The molecule has 2 aromatic heterocycles. The van der Waals surface area contributed by atoms with E-state index in [4.69, 9.17) is 9.47 Å². The van der Waals surface area contributed by atoms with Crippen molar-refractivity contribution < 1.29 is 9.47 Å². The topological polar surface area (TPSA) is 65.3 Å². The fourth-order valence-corrected chi connectivity index (χ4v) is 4.44. The van der Waals surface area contributed by atoms with Crippen LogP contribution in [0.15, 0.2) is 54.7 Å². The van der Waals surface area contributed by atoms with Crippen LogP contribution in [0.5, 0.6) is 0 Å². The second-order valence-corrected chi connectivity index (χ2v) is 8.29. The number of nitrogens with zero attached hydrogens (tertiary/aromatic N) is 5. The summed E-state index contributed by atoms with van der Waals surface area (Å²) in [4.78, 5) is 6.87. The molecule has 5 rings (SSSR count). The molecule has 31 heavy (non-hydrogen) atoms. The number of benzene rings is 1. The second kappa shape index (κ2) is 9.58. The van der Waals surface area contributed by atoms with Gasteiger partial charge >= 0.3 is 0 Å². The van der Waals surface area contributed by atoms with Gasteiger partial charge in [0.1, 0.15) is 18.2 Å². The lowest BCUT2D eigenvalue weighted by atomic mass is 9.95. The molecule has 7 nitrogen and oxygen atoms in total. The summed E-state index contributed by atoms with van der Waals surface area (Å²) < 4.78 is 13.8. The third kappa shape index (κ3) is 4.78. The van der Waals surface area contributed by atoms with Gasteiger partial charge in [-0.3, -0.25) is 0 Å². The molecular formula is C24H29N5O2. The fourth-order valence-electron chi connectivity index (χ4n) is 4.44. The van der Waals surface area contributed by atoms with Crippen LogP contribution in [-0.2, 0) is 22.6 Å². The number of anilines is 1. The second-order valence-electron chi connectivity index (χ2n) is 8.29. The van der Waals surface area contributed by atoms with Crippen molar-refractivity contribution in [3.8, 4) is 0 Å². The largest absolute Gasteiger partial charge is 0.379 e. The molecule has 0 bridgehead atoms. The smallest absolute Gasteiger partial charge is 0.159 e. The molecule has 0 aliphatic carbocycles. The molecule has 2 fully saturated rings. The van der Waals surface area contributed by atoms with Crippen molar-refractivity contribution in [2.24, 2.45) is 0 Å². The number of pyridine rings is 1. The van der Waals surface area contributed by atoms with Gasteiger partial charge in [-0.1, -0.05) is 36.4 Å². The first-order valence-electron chi connectivity index (χ1n) is 11.2. The molecule has 7 heteroatoms. The number of hydrogen-bond donors (Lipinski definition) is 0. The number of hydrogen-bond acceptors (Lipinski definition) is 6. The summed E-state index contributed by atoms with van der Waals surface area (Å²) in [6.07, 6.45) is 5.05. The Kier molecular flexibility index (Phi) is 6.22. The highest BCUT2D eigenvalue weighted by atomic mass is 16.5. The average Bonchev–Trinajstić information content (AvgIpc) is 3.49. The van der Waals surface area contributed by atoms with Crippen LogP contribution in [0.1, 0.15) is 42.4 Å². The summed E-state index contributed by atoms with van der Waals surface area (Å²) in [6, 6.07) is 16.6. The van der Waals surface area contributed by atoms with E-state index < -0.39 is 0 Å². The molecule has 2 aliphatic heterocycles. The predicted octanol–water partition coefficient (Wildman–Crippen LogP) is 3.41. The SMILES string of the molecule is c1ccc(Cn2c(COC3CCOC3)nnc2C2CCN(c3ccccn3)CC2)cc1. The third-order valence-corrected chi connectivity index (χ3v) is 6.21. The normalized spacial score (nSPS) is 19.7. The van der Waals surface area contributed by atoms with Gasteiger partial charge in [0.05, 0.1) is 19.3 Å². The summed E-state index contributed by atoms with van der Waals surface area (Å²) in [5.74, 6) is 3.42. The summed E-state index contributed by atoms with van der Waals surface area (Å²) >= 11 is 0. The van der Waals surface area contributed by atoms with Crippen molar-refractivity contribution in [2.45, 2.75) is 44.4 Å². The maximum absolute atomic E-state index is 6.08. The molecule has 162 valence electrons. The van der Waals surface area contributed by atoms with E-state index in [1.807, 2.05) is 24.4 Å². The molecule has 0 amide bonds. The van der Waals surface area contributed by atoms with E-state index in [1.54, 1.807) is 0 Å². The zero-order chi connectivity index (χ0) is 20.9. The van der Waals surface area contributed by atoms with Crippen molar-refractivity contribution >= 4 is 5.82 Å². The van der Waals surface area contributed by atoms with Gasteiger partial charge in [0, 0.05) is 31.8 Å². The van der Waals surface area contributed by atoms with Crippen LogP contribution >= 0.6 is 0 Å². The van der Waals surface area contributed by atoms with Crippen molar-refractivity contribution in [1.82, 2.24) is 19.7 Å². The summed E-state index contributed by atoms with van der Waals surface area (Å²) in [6.45, 7) is 4.65. The van der Waals surface area contributed by atoms with Crippen LogP contribution in [0.4, 0.5) is 5.82 Å². The first kappa shape index (κ1) is 20.2. The van der Waals surface area contributed by atoms with E-state index in [0.717, 1.165) is 63.0 Å².